The minimum absolute atomic E-state index is 0.181. The molecule has 3 aromatic rings. The number of hydrogen-bond donors (Lipinski definition) is 1. The van der Waals surface area contributed by atoms with Crippen molar-refractivity contribution in [2.24, 2.45) is 13.0 Å². The molecule has 1 aromatic heterocycles. The molecule has 5 rings (SSSR count). The number of carbonyl (C=O) groups excluding carboxylic acids is 1. The van der Waals surface area contributed by atoms with Crippen molar-refractivity contribution in [3.63, 3.8) is 0 Å². The molecule has 2 heterocycles. The fraction of sp³-hybridized carbons (Fsp3) is 0.448. The van der Waals surface area contributed by atoms with Crippen molar-refractivity contribution in [1.82, 2.24) is 9.47 Å². The molecule has 1 saturated heterocycles. The van der Waals surface area contributed by atoms with E-state index in [4.69, 9.17) is 0 Å². The maximum Gasteiger partial charge on any atom is 0.265 e. The van der Waals surface area contributed by atoms with Gasteiger partial charge < -0.3 is 15.1 Å². The molecule has 1 aliphatic carbocycles. The summed E-state index contributed by atoms with van der Waals surface area (Å²) in [4.78, 5) is 28.8. The van der Waals surface area contributed by atoms with Gasteiger partial charge >= 0.3 is 0 Å². The highest BCUT2D eigenvalue weighted by Gasteiger charge is 2.35. The second-order valence-corrected chi connectivity index (χ2v) is 10.2. The smallest absolute Gasteiger partial charge is 0.265 e. The van der Waals surface area contributed by atoms with E-state index in [1.807, 2.05) is 29.7 Å². The van der Waals surface area contributed by atoms with Crippen molar-refractivity contribution in [2.75, 3.05) is 42.9 Å². The van der Waals surface area contributed by atoms with E-state index in [1.54, 1.807) is 20.0 Å². The number of benzene rings is 2. The number of amides is 1. The molecule has 0 atom stereocenters. The molecule has 2 aliphatic rings. The number of aromatic nitrogens is 1. The quantitative estimate of drug-likeness (QED) is 0.427. The summed E-state index contributed by atoms with van der Waals surface area (Å²) in [5.41, 5.74) is 1.55. The lowest BCUT2D eigenvalue weighted by molar-refractivity contribution is -0.132. The van der Waals surface area contributed by atoms with Crippen molar-refractivity contribution < 1.29 is 22.4 Å². The molecule has 0 radical (unpaired) electrons. The average molecular weight is 547 g/mol. The molecule has 210 valence electrons. The van der Waals surface area contributed by atoms with Crippen molar-refractivity contribution in [3.05, 3.63) is 69.0 Å². The van der Waals surface area contributed by atoms with Crippen LogP contribution >= 0.6 is 0 Å². The lowest BCUT2D eigenvalue weighted by atomic mass is 10.0. The minimum atomic E-state index is -2.65. The zero-order chi connectivity index (χ0) is 28.4. The average Bonchev–Trinajstić information content (AvgIpc) is 3.74. The number of nitrogens with one attached hydrogen (secondary N) is 1. The van der Waals surface area contributed by atoms with Crippen molar-refractivity contribution in [3.8, 4) is 0 Å². The Kier molecular flexibility index (Phi) is 8.51. The van der Waals surface area contributed by atoms with Crippen LogP contribution in [0.1, 0.15) is 42.9 Å². The van der Waals surface area contributed by atoms with E-state index in [-0.39, 0.29) is 28.8 Å². The summed E-state index contributed by atoms with van der Waals surface area (Å²) >= 11 is 0. The molecular weight excluding hydrogens is 512 g/mol. The molecule has 1 saturated carbocycles. The van der Waals surface area contributed by atoms with Crippen LogP contribution in [0.4, 0.5) is 29.1 Å². The first-order valence-electron chi connectivity index (χ1n) is 13.2. The summed E-state index contributed by atoms with van der Waals surface area (Å²) in [6.07, 6.45) is -0.665. The summed E-state index contributed by atoms with van der Waals surface area (Å²) in [5.74, 6) is -0.232. The standard InChI is InChI=1S/C20H24FN3O2.C9H10F3N/c1-12-10-13(2)16-15(11-12)20(26)22(3)18(17(16)21)23-6-8-24(9-7-23)19(25)14-4-5-14;1-2-13-8-4-3-6(10)5-7(8)9(11)12/h10-11,14H,4-9H2,1-3H3;3-5,9,13H,2H2,1H3. The number of pyridine rings is 1. The molecule has 1 amide bonds. The second kappa shape index (κ2) is 11.7. The van der Waals surface area contributed by atoms with Gasteiger partial charge in [0.15, 0.2) is 5.82 Å². The minimum Gasteiger partial charge on any atom is -0.385 e. The molecule has 6 nitrogen and oxygen atoms in total. The van der Waals surface area contributed by atoms with Gasteiger partial charge in [-0.25, -0.2) is 17.6 Å². The largest absolute Gasteiger partial charge is 0.385 e. The van der Waals surface area contributed by atoms with Crippen LogP contribution in [-0.2, 0) is 11.8 Å². The van der Waals surface area contributed by atoms with Crippen LogP contribution in [0.2, 0.25) is 0 Å². The Morgan fingerprint density at radius 1 is 1.05 bits per heavy atom. The third kappa shape index (κ3) is 6.04. The van der Waals surface area contributed by atoms with Crippen LogP contribution < -0.4 is 15.8 Å². The lowest BCUT2D eigenvalue weighted by Crippen LogP contribution is -2.50. The summed E-state index contributed by atoms with van der Waals surface area (Å²) in [7, 11) is 1.62. The number of aryl methyl sites for hydroxylation is 2. The maximum absolute atomic E-state index is 15.4. The monoisotopic (exact) mass is 546 g/mol. The van der Waals surface area contributed by atoms with Gasteiger partial charge in [0, 0.05) is 62.3 Å². The highest BCUT2D eigenvalue weighted by atomic mass is 19.3. The predicted octanol–water partition coefficient (Wildman–Crippen LogP) is 5.55. The summed E-state index contributed by atoms with van der Waals surface area (Å²) in [6, 6.07) is 6.98. The molecule has 39 heavy (non-hydrogen) atoms. The second-order valence-electron chi connectivity index (χ2n) is 10.2. The van der Waals surface area contributed by atoms with Gasteiger partial charge in [0.05, 0.1) is 5.39 Å². The number of fused-ring (bicyclic) bond motifs is 1. The van der Waals surface area contributed by atoms with Crippen LogP contribution in [0, 0.1) is 31.4 Å². The Morgan fingerprint density at radius 3 is 2.31 bits per heavy atom. The van der Waals surface area contributed by atoms with E-state index in [1.165, 1.54) is 10.6 Å². The van der Waals surface area contributed by atoms with Crippen LogP contribution in [-0.4, -0.2) is 48.1 Å². The van der Waals surface area contributed by atoms with Crippen molar-refractivity contribution >= 4 is 28.2 Å². The first kappa shape index (κ1) is 28.4. The number of hydrogen-bond acceptors (Lipinski definition) is 4. The number of halogens is 4. The van der Waals surface area contributed by atoms with Crippen molar-refractivity contribution in [2.45, 2.75) is 40.0 Å². The molecular formula is C29H34F4N4O2. The zero-order valence-electron chi connectivity index (χ0n) is 22.7. The van der Waals surface area contributed by atoms with E-state index < -0.39 is 12.2 Å². The number of carbonyl (C=O) groups is 1. The number of alkyl halides is 2. The van der Waals surface area contributed by atoms with E-state index in [0.717, 1.165) is 36.1 Å². The molecule has 1 N–H and O–H groups in total. The number of rotatable bonds is 5. The Balaban J connectivity index is 0.000000229. The fourth-order valence-electron chi connectivity index (χ4n) is 5.11. The molecule has 1 aliphatic heterocycles. The van der Waals surface area contributed by atoms with E-state index >= 15 is 4.39 Å². The molecule has 2 fully saturated rings. The van der Waals surface area contributed by atoms with Gasteiger partial charge in [0.25, 0.3) is 12.0 Å². The van der Waals surface area contributed by atoms with Crippen molar-refractivity contribution in [1.29, 1.82) is 0 Å². The summed E-state index contributed by atoms with van der Waals surface area (Å²) in [6.45, 7) is 8.31. The first-order chi connectivity index (χ1) is 18.5. The number of nitrogens with zero attached hydrogens (tertiary/aromatic N) is 3. The van der Waals surface area contributed by atoms with Gasteiger partial charge in [-0.2, -0.15) is 0 Å². The number of piperazine rings is 1. The molecule has 10 heteroatoms. The predicted molar refractivity (Wildman–Crippen MR) is 146 cm³/mol. The van der Waals surface area contributed by atoms with E-state index in [0.29, 0.717) is 55.0 Å². The van der Waals surface area contributed by atoms with Gasteiger partial charge in [-0.1, -0.05) is 11.6 Å². The van der Waals surface area contributed by atoms with E-state index in [2.05, 4.69) is 5.32 Å². The summed E-state index contributed by atoms with van der Waals surface area (Å²) in [5, 5.41) is 3.57. The van der Waals surface area contributed by atoms with Gasteiger partial charge in [0.2, 0.25) is 5.91 Å². The van der Waals surface area contributed by atoms with Crippen LogP contribution in [0.3, 0.4) is 0 Å². The zero-order valence-corrected chi connectivity index (χ0v) is 22.7. The molecule has 2 aromatic carbocycles. The Labute approximate surface area is 225 Å². The highest BCUT2D eigenvalue weighted by Crippen LogP contribution is 2.33. The van der Waals surface area contributed by atoms with Crippen LogP contribution in [0.5, 0.6) is 0 Å². The molecule has 0 bridgehead atoms. The topological polar surface area (TPSA) is 57.6 Å². The Hall–Kier alpha value is -3.56. The highest BCUT2D eigenvalue weighted by molar-refractivity contribution is 5.89. The molecule has 0 unspecified atom stereocenters. The summed E-state index contributed by atoms with van der Waals surface area (Å²) < 4.78 is 54.0. The van der Waals surface area contributed by atoms with Gasteiger partial charge in [0.1, 0.15) is 11.6 Å². The Bertz CT molecular complexity index is 1430. The van der Waals surface area contributed by atoms with Crippen LogP contribution in [0.25, 0.3) is 10.8 Å². The third-order valence-corrected chi connectivity index (χ3v) is 7.18. The normalized spacial score (nSPS) is 15.4. The van der Waals surface area contributed by atoms with Gasteiger partial charge in [-0.05, 0) is 63.4 Å². The lowest BCUT2D eigenvalue weighted by Gasteiger charge is -2.37. The Morgan fingerprint density at radius 2 is 1.72 bits per heavy atom. The van der Waals surface area contributed by atoms with Gasteiger partial charge in [-0.3, -0.25) is 14.2 Å². The van der Waals surface area contributed by atoms with E-state index in [9.17, 15) is 22.8 Å². The fourth-order valence-corrected chi connectivity index (χ4v) is 5.11. The van der Waals surface area contributed by atoms with Gasteiger partial charge in [-0.15, -0.1) is 0 Å². The SMILES string of the molecule is CCNc1ccc(F)cc1C(F)F.Cc1cc(C)c2c(F)c(N3CCN(C(=O)C4CC4)CC3)n(C)c(=O)c2c1. The maximum atomic E-state index is 15.4. The third-order valence-electron chi connectivity index (χ3n) is 7.18. The number of anilines is 2. The van der Waals surface area contributed by atoms with Crippen LogP contribution in [0.15, 0.2) is 35.1 Å². The first-order valence-corrected chi connectivity index (χ1v) is 13.2. The molecule has 0 spiro atoms.